The second kappa shape index (κ2) is 7.07. The van der Waals surface area contributed by atoms with Gasteiger partial charge in [-0.25, -0.2) is 13.2 Å². The fourth-order valence-electron chi connectivity index (χ4n) is 3.44. The number of nitrogens with zero attached hydrogens (tertiary/aromatic N) is 1. The molecule has 0 aromatic rings. The number of aliphatic carboxylic acids is 1. The van der Waals surface area contributed by atoms with Gasteiger partial charge in [0.2, 0.25) is 0 Å². The first kappa shape index (κ1) is 18.0. The standard InChI is InChI=1S/C15H26N2O5S/c1-3-13-9-17(8-10(2)23(13,21)22)15(20)16-12-6-4-11(5-7-12)14(18)19/h10-13H,3-9H2,1-2H3,(H,16,20)(H,18,19). The van der Waals surface area contributed by atoms with Gasteiger partial charge in [0.1, 0.15) is 0 Å². The molecule has 7 nitrogen and oxygen atoms in total. The van der Waals surface area contributed by atoms with Crippen LogP contribution in [0.3, 0.4) is 0 Å². The lowest BCUT2D eigenvalue weighted by Gasteiger charge is -2.37. The van der Waals surface area contributed by atoms with Gasteiger partial charge < -0.3 is 15.3 Å². The topological polar surface area (TPSA) is 104 Å². The van der Waals surface area contributed by atoms with E-state index in [-0.39, 0.29) is 31.1 Å². The maximum atomic E-state index is 12.4. The van der Waals surface area contributed by atoms with E-state index >= 15 is 0 Å². The number of nitrogens with one attached hydrogen (secondary N) is 1. The third-order valence-corrected chi connectivity index (χ3v) is 7.76. The minimum Gasteiger partial charge on any atom is -0.481 e. The normalized spacial score (nSPS) is 33.9. The summed E-state index contributed by atoms with van der Waals surface area (Å²) in [5, 5.41) is 10.9. The lowest BCUT2D eigenvalue weighted by molar-refractivity contribution is -0.142. The van der Waals surface area contributed by atoms with Gasteiger partial charge in [-0.15, -0.1) is 0 Å². The summed E-state index contributed by atoms with van der Waals surface area (Å²) in [6.45, 7) is 3.92. The number of rotatable bonds is 3. The number of carbonyl (C=O) groups is 2. The van der Waals surface area contributed by atoms with Crippen molar-refractivity contribution in [1.29, 1.82) is 0 Å². The quantitative estimate of drug-likeness (QED) is 0.800. The smallest absolute Gasteiger partial charge is 0.317 e. The molecule has 0 aromatic carbocycles. The molecule has 0 bridgehead atoms. The van der Waals surface area contributed by atoms with E-state index < -0.39 is 26.3 Å². The number of urea groups is 1. The predicted molar refractivity (Wildman–Crippen MR) is 85.9 cm³/mol. The van der Waals surface area contributed by atoms with Crippen LogP contribution in [0.5, 0.6) is 0 Å². The molecule has 2 amide bonds. The number of carbonyl (C=O) groups excluding carboxylic acids is 1. The molecule has 2 rings (SSSR count). The van der Waals surface area contributed by atoms with Crippen molar-refractivity contribution < 1.29 is 23.1 Å². The number of sulfone groups is 1. The average molecular weight is 346 g/mol. The van der Waals surface area contributed by atoms with Crippen LogP contribution in [0.1, 0.15) is 46.0 Å². The summed E-state index contributed by atoms with van der Waals surface area (Å²) in [5.41, 5.74) is 0. The van der Waals surface area contributed by atoms with E-state index in [1.807, 2.05) is 6.92 Å². The molecule has 1 saturated carbocycles. The first-order valence-corrected chi connectivity index (χ1v) is 9.87. The van der Waals surface area contributed by atoms with Crippen LogP contribution >= 0.6 is 0 Å². The summed E-state index contributed by atoms with van der Waals surface area (Å²) in [6.07, 6.45) is 2.95. The van der Waals surface area contributed by atoms with Crippen LogP contribution in [0, 0.1) is 5.92 Å². The highest BCUT2D eigenvalue weighted by Gasteiger charge is 2.39. The molecule has 23 heavy (non-hydrogen) atoms. The van der Waals surface area contributed by atoms with Crippen molar-refractivity contribution in [2.45, 2.75) is 62.5 Å². The lowest BCUT2D eigenvalue weighted by atomic mass is 9.86. The largest absolute Gasteiger partial charge is 0.481 e. The Balaban J connectivity index is 1.90. The number of amides is 2. The molecule has 8 heteroatoms. The molecule has 0 aromatic heterocycles. The van der Waals surface area contributed by atoms with E-state index in [1.54, 1.807) is 11.8 Å². The van der Waals surface area contributed by atoms with Crippen LogP contribution in [0.25, 0.3) is 0 Å². The molecule has 0 radical (unpaired) electrons. The Kier molecular flexibility index (Phi) is 5.54. The van der Waals surface area contributed by atoms with E-state index in [0.29, 0.717) is 32.1 Å². The number of carboxylic acids is 1. The number of hydrogen-bond donors (Lipinski definition) is 2. The minimum atomic E-state index is -3.16. The van der Waals surface area contributed by atoms with E-state index in [4.69, 9.17) is 5.11 Å². The molecule has 1 heterocycles. The van der Waals surface area contributed by atoms with Crippen molar-refractivity contribution in [3.8, 4) is 0 Å². The van der Waals surface area contributed by atoms with Gasteiger partial charge in [-0.05, 0) is 39.0 Å². The SMILES string of the molecule is CCC1CN(C(=O)NC2CCC(C(=O)O)CC2)CC(C)S1(=O)=O. The maximum Gasteiger partial charge on any atom is 0.317 e. The van der Waals surface area contributed by atoms with Gasteiger partial charge in [0.15, 0.2) is 9.84 Å². The monoisotopic (exact) mass is 346 g/mol. The summed E-state index contributed by atoms with van der Waals surface area (Å²) in [5.74, 6) is -1.08. The average Bonchev–Trinajstić information content (AvgIpc) is 2.50. The zero-order valence-corrected chi connectivity index (χ0v) is 14.5. The molecule has 1 saturated heterocycles. The Labute approximate surface area is 137 Å². The lowest BCUT2D eigenvalue weighted by Crippen LogP contribution is -2.56. The van der Waals surface area contributed by atoms with Crippen LogP contribution in [0.2, 0.25) is 0 Å². The Morgan fingerprint density at radius 2 is 1.78 bits per heavy atom. The summed E-state index contributed by atoms with van der Waals surface area (Å²) in [7, 11) is -3.16. The number of hydrogen-bond acceptors (Lipinski definition) is 4. The van der Waals surface area contributed by atoms with Crippen molar-refractivity contribution in [1.82, 2.24) is 10.2 Å². The van der Waals surface area contributed by atoms with Gasteiger partial charge in [0.25, 0.3) is 0 Å². The highest BCUT2D eigenvalue weighted by atomic mass is 32.2. The summed E-state index contributed by atoms with van der Waals surface area (Å²) < 4.78 is 24.4. The molecule has 2 aliphatic rings. The molecule has 2 atom stereocenters. The molecule has 2 fully saturated rings. The molecule has 1 aliphatic heterocycles. The molecular formula is C15H26N2O5S. The van der Waals surface area contributed by atoms with Gasteiger partial charge >= 0.3 is 12.0 Å². The van der Waals surface area contributed by atoms with E-state index in [0.717, 1.165) is 0 Å². The van der Waals surface area contributed by atoms with Crippen LogP contribution < -0.4 is 5.32 Å². The fraction of sp³-hybridized carbons (Fsp3) is 0.867. The van der Waals surface area contributed by atoms with Gasteiger partial charge in [-0.3, -0.25) is 4.79 Å². The van der Waals surface area contributed by atoms with E-state index in [1.165, 1.54) is 0 Å². The molecular weight excluding hydrogens is 320 g/mol. The summed E-state index contributed by atoms with van der Waals surface area (Å²) in [6, 6.07) is -0.254. The van der Waals surface area contributed by atoms with Gasteiger partial charge in [0, 0.05) is 19.1 Å². The zero-order chi connectivity index (χ0) is 17.2. The summed E-state index contributed by atoms with van der Waals surface area (Å²) >= 11 is 0. The maximum absolute atomic E-state index is 12.4. The molecule has 2 N–H and O–H groups in total. The van der Waals surface area contributed by atoms with Gasteiger partial charge in [0.05, 0.1) is 16.4 Å². The van der Waals surface area contributed by atoms with Crippen molar-refractivity contribution in [3.05, 3.63) is 0 Å². The Bertz CT molecular complexity index is 554. The first-order chi connectivity index (χ1) is 10.8. The molecule has 1 aliphatic carbocycles. The molecule has 2 unspecified atom stereocenters. The van der Waals surface area contributed by atoms with Crippen LogP contribution in [-0.2, 0) is 14.6 Å². The highest BCUT2D eigenvalue weighted by molar-refractivity contribution is 7.92. The predicted octanol–water partition coefficient (Wildman–Crippen LogP) is 1.24. The zero-order valence-electron chi connectivity index (χ0n) is 13.7. The Morgan fingerprint density at radius 3 is 2.30 bits per heavy atom. The van der Waals surface area contributed by atoms with Crippen molar-refractivity contribution in [2.24, 2.45) is 5.92 Å². The fourth-order valence-corrected chi connectivity index (χ4v) is 5.34. The van der Waals surface area contributed by atoms with E-state index in [2.05, 4.69) is 5.32 Å². The minimum absolute atomic E-state index is 0.0213. The van der Waals surface area contributed by atoms with Gasteiger partial charge in [-0.2, -0.15) is 0 Å². The van der Waals surface area contributed by atoms with E-state index in [9.17, 15) is 18.0 Å². The highest BCUT2D eigenvalue weighted by Crippen LogP contribution is 2.25. The van der Waals surface area contributed by atoms with Crippen molar-refractivity contribution in [3.63, 3.8) is 0 Å². The Morgan fingerprint density at radius 1 is 1.17 bits per heavy atom. The molecule has 132 valence electrons. The summed E-state index contributed by atoms with van der Waals surface area (Å²) in [4.78, 5) is 24.9. The first-order valence-electron chi connectivity index (χ1n) is 8.26. The Hall–Kier alpha value is -1.31. The van der Waals surface area contributed by atoms with Crippen molar-refractivity contribution in [2.75, 3.05) is 13.1 Å². The van der Waals surface area contributed by atoms with Crippen LogP contribution in [-0.4, -0.2) is 60.1 Å². The second-order valence-corrected chi connectivity index (χ2v) is 9.32. The van der Waals surface area contributed by atoms with Crippen LogP contribution in [0.15, 0.2) is 0 Å². The second-order valence-electron chi connectivity index (χ2n) is 6.67. The van der Waals surface area contributed by atoms with Crippen molar-refractivity contribution >= 4 is 21.8 Å². The van der Waals surface area contributed by atoms with Gasteiger partial charge in [-0.1, -0.05) is 6.92 Å². The molecule has 0 spiro atoms. The van der Waals surface area contributed by atoms with Crippen LogP contribution in [0.4, 0.5) is 4.79 Å². The third kappa shape index (κ3) is 3.97. The number of carboxylic acid groups (broad SMARTS) is 1. The third-order valence-electron chi connectivity index (χ3n) is 5.07.